The van der Waals surface area contributed by atoms with E-state index in [1.54, 1.807) is 9.80 Å². The Morgan fingerprint density at radius 2 is 1.04 bits per heavy atom. The number of fused-ring (bicyclic) bond motifs is 1. The van der Waals surface area contributed by atoms with Gasteiger partial charge in [0.25, 0.3) is 0 Å². The Kier molecular flexibility index (Phi) is 26.3. The van der Waals surface area contributed by atoms with Gasteiger partial charge in [0, 0.05) is 83.5 Å². The van der Waals surface area contributed by atoms with Crippen molar-refractivity contribution in [2.45, 2.75) is 76.5 Å². The van der Waals surface area contributed by atoms with Crippen LogP contribution < -0.4 is 42.3 Å². The molecule has 0 unspecified atom stereocenters. The summed E-state index contributed by atoms with van der Waals surface area (Å²) in [5.74, 6) is -16.6. The highest BCUT2D eigenvalue weighted by Crippen LogP contribution is 2.31. The zero-order valence-electron chi connectivity index (χ0n) is 43.7. The van der Waals surface area contributed by atoms with Crippen LogP contribution in [0.1, 0.15) is 46.0 Å². The highest BCUT2D eigenvalue weighted by atomic mass is 19.4. The Morgan fingerprint density at radius 1 is 0.568 bits per heavy atom. The third-order valence-electron chi connectivity index (χ3n) is 11.8. The number of carboxylic acids is 6. The first-order valence-corrected chi connectivity index (χ1v) is 24.7. The number of alkyl halides is 3. The number of carbonyl (C=O) groups excluding carboxylic acids is 6. The van der Waals surface area contributed by atoms with Crippen molar-refractivity contribution in [3.8, 4) is 5.75 Å². The summed E-state index contributed by atoms with van der Waals surface area (Å²) >= 11 is 0. The minimum absolute atomic E-state index is 0.0935. The van der Waals surface area contributed by atoms with Crippen LogP contribution in [0.15, 0.2) is 33.5 Å². The molecule has 4 atom stereocenters. The molecule has 0 spiro atoms. The summed E-state index contributed by atoms with van der Waals surface area (Å²) < 4.78 is 47.7. The van der Waals surface area contributed by atoms with Gasteiger partial charge in [0.05, 0.1) is 50.5 Å². The number of nitrogens with one attached hydrogen (secondary N) is 6. The number of rotatable bonds is 29. The number of carboxylic acid groups (broad SMARTS) is 6. The lowest BCUT2D eigenvalue weighted by Crippen LogP contribution is -2.59. The molecule has 0 saturated carbocycles. The van der Waals surface area contributed by atoms with Crippen molar-refractivity contribution >= 4 is 87.9 Å². The predicted octanol–water partition coefficient (Wildman–Crippen LogP) is -2.98. The molecule has 1 aliphatic rings. The Hall–Kier alpha value is -8.50. The van der Waals surface area contributed by atoms with Crippen molar-refractivity contribution in [2.24, 2.45) is 5.92 Å². The molecule has 1 aromatic heterocycles. The molecule has 2 aromatic rings. The number of amides is 6. The van der Waals surface area contributed by atoms with Crippen LogP contribution in [0.5, 0.6) is 5.75 Å². The van der Waals surface area contributed by atoms with Gasteiger partial charge in [0.15, 0.2) is 0 Å². The number of hydrogen-bond acceptors (Lipinski definition) is 19. The number of anilines is 1. The molecule has 3 rings (SSSR count). The zero-order valence-corrected chi connectivity index (χ0v) is 43.7. The average Bonchev–Trinajstić information content (AvgIpc) is 3.36. The summed E-state index contributed by atoms with van der Waals surface area (Å²) in [6.07, 6.45) is -9.42. The quantitative estimate of drug-likeness (QED) is 0.0362. The number of benzene rings is 1. The molecule has 12 N–H and O–H groups in total. The first-order chi connectivity index (χ1) is 37.9. The molecule has 1 aromatic carbocycles. The van der Waals surface area contributed by atoms with E-state index >= 15 is 0 Å². The Balaban J connectivity index is 1.71. The summed E-state index contributed by atoms with van der Waals surface area (Å²) in [4.78, 5) is 169. The van der Waals surface area contributed by atoms with Gasteiger partial charge in [0.2, 0.25) is 35.4 Å². The fourth-order valence-corrected chi connectivity index (χ4v) is 7.90. The van der Waals surface area contributed by atoms with Crippen LogP contribution in [0.3, 0.4) is 0 Å². The highest BCUT2D eigenvalue weighted by molar-refractivity contribution is 6.02. The third kappa shape index (κ3) is 25.4. The average molecular weight is 1160 g/mol. The van der Waals surface area contributed by atoms with E-state index < -0.39 is 170 Å². The summed E-state index contributed by atoms with van der Waals surface area (Å²) in [5, 5.41) is 70.1. The lowest BCUT2D eigenvalue weighted by atomic mass is 10.0. The maximum Gasteiger partial charge on any atom is 0.573 e. The van der Waals surface area contributed by atoms with Crippen LogP contribution in [0.25, 0.3) is 11.0 Å². The lowest BCUT2D eigenvalue weighted by molar-refractivity contribution is -0.274. The fourth-order valence-electron chi connectivity index (χ4n) is 7.90. The van der Waals surface area contributed by atoms with E-state index in [0.29, 0.717) is 6.07 Å². The Labute approximate surface area is 457 Å². The molecule has 1 fully saturated rings. The Morgan fingerprint density at radius 3 is 1.49 bits per heavy atom. The minimum Gasteiger partial charge on any atom is -0.481 e. The van der Waals surface area contributed by atoms with Gasteiger partial charge in [-0.25, -0.2) is 4.79 Å². The second-order valence-corrected chi connectivity index (χ2v) is 18.7. The van der Waals surface area contributed by atoms with E-state index in [0.717, 1.165) is 18.2 Å². The smallest absolute Gasteiger partial charge is 0.481 e. The van der Waals surface area contributed by atoms with E-state index in [2.05, 4.69) is 36.6 Å². The van der Waals surface area contributed by atoms with Crippen LogP contribution in [-0.4, -0.2) is 237 Å². The van der Waals surface area contributed by atoms with Crippen LogP contribution in [0, 0.1) is 5.92 Å². The van der Waals surface area contributed by atoms with Gasteiger partial charge in [-0.3, -0.25) is 77.1 Å². The first-order valence-electron chi connectivity index (χ1n) is 24.7. The lowest BCUT2D eigenvalue weighted by Gasteiger charge is -2.32. The van der Waals surface area contributed by atoms with Crippen LogP contribution in [-0.2, 0) is 57.5 Å². The van der Waals surface area contributed by atoms with Gasteiger partial charge in [-0.1, -0.05) is 13.8 Å². The number of halogens is 3. The number of carbonyl (C=O) groups is 12. The van der Waals surface area contributed by atoms with E-state index in [1.807, 2.05) is 0 Å². The molecule has 2 heterocycles. The first kappa shape index (κ1) is 66.8. The molecule has 31 nitrogen and oxygen atoms in total. The second kappa shape index (κ2) is 31.9. The summed E-state index contributed by atoms with van der Waals surface area (Å²) in [7, 11) is 0. The largest absolute Gasteiger partial charge is 0.573 e. The zero-order chi connectivity index (χ0) is 60.7. The normalized spacial score (nSPS) is 15.7. The summed E-state index contributed by atoms with van der Waals surface area (Å²) in [6, 6.07) is -4.04. The van der Waals surface area contributed by atoms with E-state index in [1.165, 1.54) is 23.6 Å². The topological polar surface area (TPSA) is 451 Å². The molecule has 0 radical (unpaired) electrons. The van der Waals surface area contributed by atoms with Gasteiger partial charge in [0.1, 0.15) is 35.5 Å². The summed E-state index contributed by atoms with van der Waals surface area (Å²) in [5.41, 5.74) is -2.02. The number of ether oxygens (including phenoxy) is 1. The molecule has 1 saturated heterocycles. The third-order valence-corrected chi connectivity index (χ3v) is 11.8. The standard InChI is InChI=1S/C47H63F3N10O21/c1-25(2)42(46(79)55-30(19-37(67)68)44(77)52-26-3-4-27-31(17-26)80-41(75)20-32(27)81-47(48,49)50)56-43(76)28(5-6-35(63)64)54-45(78)29(18-36(65)66)53-33(61)7-8-51-34(62)21-57-9-11-58(22-38(69)70)13-15-60(24-40(73)74)16-14-59(12-10-57)23-39(71)72/h3-4,17,20,25,28-30,42H,5-16,18-19,21-24H2,1-2H3,(H,51,62)(H,52,77)(H,53,61)(H,54,78)(H,55,79)(H,56,76)(H,63,64)(H,65,66)(H,67,68)(H,69,70)(H,71,72)(H,73,74)/t28-,29-,30-,42-/m0/s1. The van der Waals surface area contributed by atoms with Gasteiger partial charge in [-0.15, -0.1) is 13.2 Å². The molecular formula is C47H63F3N10O21. The van der Waals surface area contributed by atoms with E-state index in [4.69, 9.17) is 4.42 Å². The van der Waals surface area contributed by atoms with Gasteiger partial charge < -0.3 is 71.7 Å². The van der Waals surface area contributed by atoms with Gasteiger partial charge in [-0.2, -0.15) is 0 Å². The monoisotopic (exact) mass is 1160 g/mol. The SMILES string of the molecule is CC(C)[C@H](NC(=O)[C@H](CCC(=O)O)NC(=O)[C@H](CC(=O)O)NC(=O)CCNC(=O)CN1CCN(CC(=O)O)CCN(CC(=O)O)CCN(CC(=O)O)CC1)C(=O)N[C@@H](CC(=O)O)C(=O)Nc1ccc2c(OC(F)(F)F)cc(=O)oc2c1. The minimum atomic E-state index is -5.20. The van der Waals surface area contributed by atoms with E-state index in [-0.39, 0.29) is 83.1 Å². The van der Waals surface area contributed by atoms with Crippen LogP contribution >= 0.6 is 0 Å². The molecule has 0 bridgehead atoms. The molecule has 1 aliphatic heterocycles. The molecule has 0 aliphatic carbocycles. The van der Waals surface area contributed by atoms with Crippen molar-refractivity contribution in [1.29, 1.82) is 0 Å². The number of nitrogens with zero attached hydrogens (tertiary/aromatic N) is 4. The number of aliphatic carboxylic acids is 6. The maximum absolute atomic E-state index is 13.8. The summed E-state index contributed by atoms with van der Waals surface area (Å²) in [6.45, 7) is 1.75. The van der Waals surface area contributed by atoms with E-state index in [9.17, 15) is 106 Å². The second-order valence-electron chi connectivity index (χ2n) is 18.7. The van der Waals surface area contributed by atoms with Crippen molar-refractivity contribution < 1.29 is 110 Å². The van der Waals surface area contributed by atoms with Gasteiger partial charge in [-0.05, 0) is 24.5 Å². The number of hydrogen-bond donors (Lipinski definition) is 12. The highest BCUT2D eigenvalue weighted by Gasteiger charge is 2.35. The Bertz CT molecular complexity index is 2660. The maximum atomic E-state index is 13.8. The molecule has 448 valence electrons. The fraction of sp³-hybridized carbons (Fsp3) is 0.553. The van der Waals surface area contributed by atoms with Crippen molar-refractivity contribution in [2.75, 3.05) is 90.4 Å². The van der Waals surface area contributed by atoms with Crippen molar-refractivity contribution in [3.05, 3.63) is 34.7 Å². The van der Waals surface area contributed by atoms with Crippen molar-refractivity contribution in [3.63, 3.8) is 0 Å². The van der Waals surface area contributed by atoms with Gasteiger partial charge >= 0.3 is 47.8 Å². The molecule has 6 amide bonds. The molecular weight excluding hydrogens is 1100 g/mol. The van der Waals surface area contributed by atoms with Crippen molar-refractivity contribution in [1.82, 2.24) is 46.2 Å². The van der Waals surface area contributed by atoms with Crippen LogP contribution in [0.2, 0.25) is 0 Å². The molecule has 34 heteroatoms. The predicted molar refractivity (Wildman–Crippen MR) is 268 cm³/mol. The molecule has 81 heavy (non-hydrogen) atoms. The van der Waals surface area contributed by atoms with Crippen LogP contribution in [0.4, 0.5) is 18.9 Å².